The van der Waals surface area contributed by atoms with Gasteiger partial charge in [-0.25, -0.2) is 0 Å². The zero-order chi connectivity index (χ0) is 12.1. The molecule has 2 saturated heterocycles. The Kier molecular flexibility index (Phi) is 1.66. The van der Waals surface area contributed by atoms with Crippen LogP contribution >= 0.6 is 0 Å². The van der Waals surface area contributed by atoms with Crippen LogP contribution in [0.2, 0.25) is 0 Å². The van der Waals surface area contributed by atoms with Crippen LogP contribution in [-0.4, -0.2) is 29.3 Å². The first kappa shape index (κ1) is 10.4. The molecular formula is C16H23NO. The van der Waals surface area contributed by atoms with E-state index in [1.807, 2.05) is 0 Å². The van der Waals surface area contributed by atoms with E-state index >= 15 is 0 Å². The van der Waals surface area contributed by atoms with Gasteiger partial charge in [0.05, 0.1) is 5.41 Å². The Labute approximate surface area is 109 Å². The predicted molar refractivity (Wildman–Crippen MR) is 69.1 cm³/mol. The molecule has 2 heteroatoms. The van der Waals surface area contributed by atoms with Crippen LogP contribution in [0.25, 0.3) is 0 Å². The number of carbonyl (C=O) groups is 1. The molecule has 2 nitrogen and oxygen atoms in total. The highest BCUT2D eigenvalue weighted by molar-refractivity contribution is 5.90. The topological polar surface area (TPSA) is 20.3 Å². The van der Waals surface area contributed by atoms with E-state index in [0.29, 0.717) is 11.3 Å². The maximum Gasteiger partial charge on any atom is 0.141 e. The number of rotatable bonds is 0. The number of Topliss-reactive ketones (excluding diaryl/α,β-unsaturated/α-hetero) is 1. The van der Waals surface area contributed by atoms with Gasteiger partial charge in [0, 0.05) is 18.5 Å². The summed E-state index contributed by atoms with van der Waals surface area (Å²) in [7, 11) is 0. The Balaban J connectivity index is 1.78. The lowest BCUT2D eigenvalue weighted by molar-refractivity contribution is -0.160. The zero-order valence-electron chi connectivity index (χ0n) is 11.3. The van der Waals surface area contributed by atoms with Gasteiger partial charge in [-0.05, 0) is 62.3 Å². The molecule has 0 amide bonds. The summed E-state index contributed by atoms with van der Waals surface area (Å²) in [6.45, 7) is 4.97. The lowest BCUT2D eigenvalue weighted by Gasteiger charge is -2.62. The summed E-state index contributed by atoms with van der Waals surface area (Å²) in [6.07, 6.45) is 7.48. The van der Waals surface area contributed by atoms with Gasteiger partial charge in [0.25, 0.3) is 0 Å². The minimum Gasteiger partial charge on any atom is -0.299 e. The molecule has 0 aromatic carbocycles. The van der Waals surface area contributed by atoms with Gasteiger partial charge < -0.3 is 0 Å². The summed E-state index contributed by atoms with van der Waals surface area (Å²) in [6, 6.07) is 0. The summed E-state index contributed by atoms with van der Waals surface area (Å²) in [4.78, 5) is 15.7. The Morgan fingerprint density at radius 1 is 1.33 bits per heavy atom. The molecular weight excluding hydrogens is 222 g/mol. The molecule has 0 N–H and O–H groups in total. The van der Waals surface area contributed by atoms with Crippen molar-refractivity contribution in [3.05, 3.63) is 0 Å². The summed E-state index contributed by atoms with van der Waals surface area (Å²) in [5, 5.41) is 0. The number of carbonyl (C=O) groups excluding carboxylic acids is 1. The Morgan fingerprint density at radius 2 is 2.22 bits per heavy atom. The molecule has 0 aromatic rings. The summed E-state index contributed by atoms with van der Waals surface area (Å²) >= 11 is 0. The van der Waals surface area contributed by atoms with Gasteiger partial charge in [-0.1, -0.05) is 6.92 Å². The molecule has 5 fully saturated rings. The van der Waals surface area contributed by atoms with E-state index in [1.54, 1.807) is 0 Å². The fourth-order valence-corrected chi connectivity index (χ4v) is 7.42. The predicted octanol–water partition coefficient (Wildman–Crippen LogP) is 2.48. The maximum absolute atomic E-state index is 12.9. The molecule has 7 atom stereocenters. The molecule has 18 heavy (non-hydrogen) atoms. The molecule has 3 saturated carbocycles. The van der Waals surface area contributed by atoms with Gasteiger partial charge in [0.15, 0.2) is 0 Å². The van der Waals surface area contributed by atoms with Crippen LogP contribution in [-0.2, 0) is 4.79 Å². The van der Waals surface area contributed by atoms with E-state index < -0.39 is 0 Å². The van der Waals surface area contributed by atoms with E-state index in [0.717, 1.165) is 30.1 Å². The fourth-order valence-electron chi connectivity index (χ4n) is 7.42. The molecule has 3 aliphatic carbocycles. The number of hydrogen-bond donors (Lipinski definition) is 0. The van der Waals surface area contributed by atoms with Crippen molar-refractivity contribution in [3.8, 4) is 0 Å². The fraction of sp³-hybridized carbons (Fsp3) is 0.938. The molecule has 0 radical (unpaired) electrons. The van der Waals surface area contributed by atoms with Crippen molar-refractivity contribution in [2.45, 2.75) is 51.0 Å². The molecule has 2 aliphatic heterocycles. The second-order valence-corrected chi connectivity index (χ2v) is 7.92. The number of hydrogen-bond acceptors (Lipinski definition) is 2. The van der Waals surface area contributed by atoms with Crippen LogP contribution in [0.3, 0.4) is 0 Å². The average molecular weight is 245 g/mol. The smallest absolute Gasteiger partial charge is 0.141 e. The van der Waals surface area contributed by atoms with E-state index in [2.05, 4.69) is 11.8 Å². The lowest BCUT2D eigenvalue weighted by atomic mass is 9.49. The molecule has 1 unspecified atom stereocenters. The quantitative estimate of drug-likeness (QED) is 0.653. The molecule has 2 heterocycles. The first-order valence-corrected chi connectivity index (χ1v) is 7.97. The first-order chi connectivity index (χ1) is 8.68. The van der Waals surface area contributed by atoms with Crippen LogP contribution in [0.5, 0.6) is 0 Å². The maximum atomic E-state index is 12.9. The third-order valence-electron chi connectivity index (χ3n) is 7.50. The lowest BCUT2D eigenvalue weighted by Crippen LogP contribution is -2.68. The van der Waals surface area contributed by atoms with Gasteiger partial charge in [-0.15, -0.1) is 0 Å². The van der Waals surface area contributed by atoms with E-state index in [4.69, 9.17) is 0 Å². The van der Waals surface area contributed by atoms with Crippen LogP contribution in [0.15, 0.2) is 0 Å². The van der Waals surface area contributed by atoms with Crippen molar-refractivity contribution in [1.29, 1.82) is 0 Å². The summed E-state index contributed by atoms with van der Waals surface area (Å²) in [5.74, 6) is 3.87. The van der Waals surface area contributed by atoms with Crippen molar-refractivity contribution in [2.24, 2.45) is 29.1 Å². The van der Waals surface area contributed by atoms with Gasteiger partial charge in [-0.3, -0.25) is 9.69 Å². The third-order valence-corrected chi connectivity index (χ3v) is 7.50. The Bertz CT molecular complexity index is 446. The van der Waals surface area contributed by atoms with Crippen LogP contribution < -0.4 is 0 Å². The standard InChI is InChI=1S/C16H23NO/c1-10-5-11-6-14(18)15-3-2-4-17-9-12(15)7-13(11)16(15,17)8-10/h10-13H,2-9H2,1H3/t10-,11-,12+,13+,15-,16+/m0/s1. The largest absolute Gasteiger partial charge is 0.299 e. The van der Waals surface area contributed by atoms with E-state index in [1.165, 1.54) is 45.2 Å². The minimum atomic E-state index is 0.126. The minimum absolute atomic E-state index is 0.126. The van der Waals surface area contributed by atoms with Crippen molar-refractivity contribution in [1.82, 2.24) is 4.90 Å². The normalized spacial score (nSPS) is 64.3. The Hall–Kier alpha value is -0.370. The van der Waals surface area contributed by atoms with Gasteiger partial charge in [-0.2, -0.15) is 0 Å². The van der Waals surface area contributed by atoms with Crippen molar-refractivity contribution >= 4 is 5.78 Å². The second-order valence-electron chi connectivity index (χ2n) is 7.92. The van der Waals surface area contributed by atoms with E-state index in [9.17, 15) is 4.79 Å². The molecule has 0 aromatic heterocycles. The molecule has 98 valence electrons. The SMILES string of the molecule is C[C@H]1C[C@H]2CC(=O)[C@]34CCCN5C[C@H]3C[C@H]2[C@@]54C1. The Morgan fingerprint density at radius 3 is 3.11 bits per heavy atom. The van der Waals surface area contributed by atoms with Crippen molar-refractivity contribution in [3.63, 3.8) is 0 Å². The van der Waals surface area contributed by atoms with Crippen molar-refractivity contribution in [2.75, 3.05) is 13.1 Å². The third kappa shape index (κ3) is 0.801. The van der Waals surface area contributed by atoms with Crippen LogP contribution in [0.1, 0.15) is 45.4 Å². The van der Waals surface area contributed by atoms with Gasteiger partial charge >= 0.3 is 0 Å². The summed E-state index contributed by atoms with van der Waals surface area (Å²) < 4.78 is 0. The molecule has 1 spiro atoms. The van der Waals surface area contributed by atoms with Gasteiger partial charge in [0.1, 0.15) is 5.78 Å². The highest BCUT2D eigenvalue weighted by atomic mass is 16.1. The second kappa shape index (κ2) is 2.87. The van der Waals surface area contributed by atoms with Gasteiger partial charge in [0.2, 0.25) is 0 Å². The zero-order valence-corrected chi connectivity index (χ0v) is 11.3. The number of nitrogens with zero attached hydrogens (tertiary/aromatic N) is 1. The first-order valence-electron chi connectivity index (χ1n) is 7.97. The average Bonchev–Trinajstić information content (AvgIpc) is 2.59. The highest BCUT2D eigenvalue weighted by Gasteiger charge is 2.79. The summed E-state index contributed by atoms with van der Waals surface area (Å²) in [5.41, 5.74) is 0.467. The van der Waals surface area contributed by atoms with Crippen LogP contribution in [0, 0.1) is 29.1 Å². The number of piperidine rings is 2. The monoisotopic (exact) mass is 245 g/mol. The number of ketones is 1. The molecule has 5 rings (SSSR count). The van der Waals surface area contributed by atoms with Crippen LogP contribution in [0.4, 0.5) is 0 Å². The molecule has 5 aliphatic rings. The van der Waals surface area contributed by atoms with Crippen molar-refractivity contribution < 1.29 is 4.79 Å². The molecule has 6 bridgehead atoms. The van der Waals surface area contributed by atoms with E-state index in [-0.39, 0.29) is 5.41 Å². The highest BCUT2D eigenvalue weighted by Crippen LogP contribution is 2.74.